The van der Waals surface area contributed by atoms with Crippen LogP contribution in [0.3, 0.4) is 0 Å². The van der Waals surface area contributed by atoms with E-state index in [0.717, 1.165) is 4.90 Å². The van der Waals surface area contributed by atoms with Crippen LogP contribution in [0.15, 0.2) is 23.1 Å². The number of thioether (sulfide) groups is 1. The van der Waals surface area contributed by atoms with Crippen LogP contribution in [0.2, 0.25) is 0 Å². The van der Waals surface area contributed by atoms with Crippen molar-refractivity contribution in [3.8, 4) is 0 Å². The van der Waals surface area contributed by atoms with E-state index in [1.165, 1.54) is 17.8 Å². The van der Waals surface area contributed by atoms with E-state index in [-0.39, 0.29) is 18.7 Å². The fourth-order valence-corrected chi connectivity index (χ4v) is 1.87. The fraction of sp³-hybridized carbons (Fsp3) is 0.300. The van der Waals surface area contributed by atoms with Crippen molar-refractivity contribution < 1.29 is 14.3 Å². The molecule has 4 heteroatoms. The minimum Gasteiger partial charge on any atom is -0.481 e. The number of hydrogen-bond donors (Lipinski definition) is 1. The van der Waals surface area contributed by atoms with E-state index in [4.69, 9.17) is 5.11 Å². The highest BCUT2D eigenvalue weighted by Crippen LogP contribution is 2.23. The molecule has 0 fully saturated rings. The van der Waals surface area contributed by atoms with Crippen molar-refractivity contribution in [2.75, 3.05) is 6.26 Å². The van der Waals surface area contributed by atoms with Crippen molar-refractivity contribution >= 4 is 17.7 Å². The Balaban J connectivity index is 2.87. The summed E-state index contributed by atoms with van der Waals surface area (Å²) in [7, 11) is 0. The Morgan fingerprint density at radius 3 is 2.86 bits per heavy atom. The first-order valence-corrected chi connectivity index (χ1v) is 5.40. The molecule has 0 bridgehead atoms. The van der Waals surface area contributed by atoms with Crippen LogP contribution in [-0.2, 0) is 11.2 Å². The lowest BCUT2D eigenvalue weighted by atomic mass is 10.1. The molecule has 0 atom stereocenters. The lowest BCUT2D eigenvalue weighted by molar-refractivity contribution is -0.136. The van der Waals surface area contributed by atoms with E-state index >= 15 is 0 Å². The molecule has 1 rings (SSSR count). The standard InChI is InChI=1S/C10H11FO2S/c1-14-9-4-2-3-8(11)7(9)5-6-10(12)13/h2-4H,5-6H2,1H3,(H,12,13). The summed E-state index contributed by atoms with van der Waals surface area (Å²) in [6.45, 7) is 0. The van der Waals surface area contributed by atoms with Crippen molar-refractivity contribution in [2.45, 2.75) is 17.7 Å². The highest BCUT2D eigenvalue weighted by Gasteiger charge is 2.09. The van der Waals surface area contributed by atoms with Crippen LogP contribution in [0, 0.1) is 5.82 Å². The minimum atomic E-state index is -0.902. The summed E-state index contributed by atoms with van der Waals surface area (Å²) in [4.78, 5) is 11.2. The fourth-order valence-electron chi connectivity index (χ4n) is 1.20. The lowest BCUT2D eigenvalue weighted by Crippen LogP contribution is -2.00. The van der Waals surface area contributed by atoms with Crippen molar-refractivity contribution in [3.63, 3.8) is 0 Å². The zero-order chi connectivity index (χ0) is 10.6. The van der Waals surface area contributed by atoms with Gasteiger partial charge >= 0.3 is 5.97 Å². The molecule has 0 aliphatic rings. The van der Waals surface area contributed by atoms with Crippen LogP contribution in [-0.4, -0.2) is 17.3 Å². The third-order valence-electron chi connectivity index (χ3n) is 1.88. The van der Waals surface area contributed by atoms with Crippen LogP contribution in [0.25, 0.3) is 0 Å². The molecule has 0 saturated carbocycles. The van der Waals surface area contributed by atoms with Crippen molar-refractivity contribution in [1.29, 1.82) is 0 Å². The van der Waals surface area contributed by atoms with E-state index in [0.29, 0.717) is 5.56 Å². The van der Waals surface area contributed by atoms with Gasteiger partial charge in [0.15, 0.2) is 0 Å². The molecule has 0 aromatic heterocycles. The predicted molar refractivity (Wildman–Crippen MR) is 54.1 cm³/mol. The third kappa shape index (κ3) is 2.73. The molecule has 0 spiro atoms. The Morgan fingerprint density at radius 2 is 2.29 bits per heavy atom. The van der Waals surface area contributed by atoms with Gasteiger partial charge in [-0.1, -0.05) is 6.07 Å². The summed E-state index contributed by atoms with van der Waals surface area (Å²) in [5.74, 6) is -1.22. The molecule has 1 aromatic rings. The molecule has 1 aromatic carbocycles. The largest absolute Gasteiger partial charge is 0.481 e. The highest BCUT2D eigenvalue weighted by atomic mass is 32.2. The highest BCUT2D eigenvalue weighted by molar-refractivity contribution is 7.98. The van der Waals surface area contributed by atoms with Gasteiger partial charge in [-0.2, -0.15) is 0 Å². The zero-order valence-corrected chi connectivity index (χ0v) is 8.60. The number of aliphatic carboxylic acids is 1. The maximum atomic E-state index is 13.3. The molecule has 0 saturated heterocycles. The molecule has 0 aliphatic carbocycles. The monoisotopic (exact) mass is 214 g/mol. The Hall–Kier alpha value is -1.03. The maximum absolute atomic E-state index is 13.3. The number of carboxylic acid groups (broad SMARTS) is 1. The summed E-state index contributed by atoms with van der Waals surface area (Å²) in [5.41, 5.74) is 0.502. The topological polar surface area (TPSA) is 37.3 Å². The first-order valence-electron chi connectivity index (χ1n) is 4.18. The lowest BCUT2D eigenvalue weighted by Gasteiger charge is -2.06. The normalized spacial score (nSPS) is 10.1. The van der Waals surface area contributed by atoms with Gasteiger partial charge < -0.3 is 5.11 Å². The van der Waals surface area contributed by atoms with Crippen LogP contribution in [0.4, 0.5) is 4.39 Å². The molecule has 14 heavy (non-hydrogen) atoms. The first-order chi connectivity index (χ1) is 6.65. The average molecular weight is 214 g/mol. The van der Waals surface area contributed by atoms with Crippen LogP contribution >= 0.6 is 11.8 Å². The first kappa shape index (κ1) is 11.0. The van der Waals surface area contributed by atoms with Gasteiger partial charge in [0.05, 0.1) is 0 Å². The van der Waals surface area contributed by atoms with E-state index in [9.17, 15) is 9.18 Å². The summed E-state index contributed by atoms with van der Waals surface area (Å²) in [6.07, 6.45) is 2.06. The predicted octanol–water partition coefficient (Wildman–Crippen LogP) is 2.56. The van der Waals surface area contributed by atoms with Crippen molar-refractivity contribution in [2.24, 2.45) is 0 Å². The second kappa shape index (κ2) is 5.00. The molecular weight excluding hydrogens is 203 g/mol. The van der Waals surface area contributed by atoms with Gasteiger partial charge in [0.2, 0.25) is 0 Å². The Labute approximate surface area is 86.1 Å². The molecule has 0 aliphatic heterocycles. The maximum Gasteiger partial charge on any atom is 0.303 e. The molecule has 2 nitrogen and oxygen atoms in total. The average Bonchev–Trinajstić information content (AvgIpc) is 2.15. The van der Waals surface area contributed by atoms with Gasteiger partial charge in [-0.15, -0.1) is 11.8 Å². The van der Waals surface area contributed by atoms with Crippen LogP contribution < -0.4 is 0 Å². The molecular formula is C10H11FO2S. The van der Waals surface area contributed by atoms with Crippen LogP contribution in [0.5, 0.6) is 0 Å². The summed E-state index contributed by atoms with van der Waals surface area (Å²) < 4.78 is 13.3. The summed E-state index contributed by atoms with van der Waals surface area (Å²) >= 11 is 1.43. The van der Waals surface area contributed by atoms with Crippen molar-refractivity contribution in [1.82, 2.24) is 0 Å². The van der Waals surface area contributed by atoms with E-state index < -0.39 is 5.97 Å². The molecule has 0 amide bonds. The molecule has 0 radical (unpaired) electrons. The third-order valence-corrected chi connectivity index (χ3v) is 2.71. The van der Waals surface area contributed by atoms with Gasteiger partial charge in [-0.05, 0) is 24.8 Å². The van der Waals surface area contributed by atoms with E-state index in [1.807, 2.05) is 6.26 Å². The van der Waals surface area contributed by atoms with Gasteiger partial charge in [0.1, 0.15) is 5.82 Å². The second-order valence-electron chi connectivity index (χ2n) is 2.81. The number of carboxylic acids is 1. The number of benzene rings is 1. The molecule has 0 heterocycles. The smallest absolute Gasteiger partial charge is 0.303 e. The van der Waals surface area contributed by atoms with Crippen LogP contribution in [0.1, 0.15) is 12.0 Å². The van der Waals surface area contributed by atoms with Gasteiger partial charge in [0, 0.05) is 16.9 Å². The Bertz CT molecular complexity index is 339. The zero-order valence-electron chi connectivity index (χ0n) is 7.79. The second-order valence-corrected chi connectivity index (χ2v) is 3.66. The van der Waals surface area contributed by atoms with Gasteiger partial charge in [-0.3, -0.25) is 4.79 Å². The number of carbonyl (C=O) groups is 1. The Kier molecular flexibility index (Phi) is 3.95. The number of hydrogen-bond acceptors (Lipinski definition) is 2. The molecule has 0 unspecified atom stereocenters. The van der Waals surface area contributed by atoms with Crippen molar-refractivity contribution in [3.05, 3.63) is 29.6 Å². The van der Waals surface area contributed by atoms with E-state index in [2.05, 4.69) is 0 Å². The van der Waals surface area contributed by atoms with E-state index in [1.54, 1.807) is 12.1 Å². The Morgan fingerprint density at radius 1 is 1.57 bits per heavy atom. The number of halogens is 1. The van der Waals surface area contributed by atoms with Gasteiger partial charge in [0.25, 0.3) is 0 Å². The molecule has 1 N–H and O–H groups in total. The SMILES string of the molecule is CSc1cccc(F)c1CCC(=O)O. The quantitative estimate of drug-likeness (QED) is 0.783. The summed E-state index contributed by atoms with van der Waals surface area (Å²) in [6, 6.07) is 4.78. The summed E-state index contributed by atoms with van der Waals surface area (Å²) in [5, 5.41) is 8.50. The number of rotatable bonds is 4. The molecule has 76 valence electrons. The van der Waals surface area contributed by atoms with Gasteiger partial charge in [-0.25, -0.2) is 4.39 Å². The minimum absolute atomic E-state index is 0.0332.